The van der Waals surface area contributed by atoms with E-state index in [0.717, 1.165) is 38.5 Å². The molecule has 7 N–H and O–H groups in total. The minimum absolute atomic E-state index is 0.00562. The van der Waals surface area contributed by atoms with Crippen molar-refractivity contribution >= 4 is 0 Å². The average molecular weight is 767 g/mol. The third-order valence-corrected chi connectivity index (χ3v) is 16.9. The summed E-state index contributed by atoms with van der Waals surface area (Å²) in [5, 5.41) is 78.3. The highest BCUT2D eigenvalue weighted by Gasteiger charge is 2.71. The monoisotopic (exact) mass is 767 g/mol. The molecule has 0 aromatic heterocycles. The zero-order valence-electron chi connectivity index (χ0n) is 34.6. The van der Waals surface area contributed by atoms with Gasteiger partial charge in [0.25, 0.3) is 0 Å². The van der Waals surface area contributed by atoms with Gasteiger partial charge in [0, 0.05) is 0 Å². The third kappa shape index (κ3) is 6.79. The number of aliphatic hydroxyl groups excluding tert-OH is 7. The van der Waals surface area contributed by atoms with Crippen molar-refractivity contribution in [3.05, 3.63) is 11.6 Å². The van der Waals surface area contributed by atoms with Crippen molar-refractivity contribution in [3.8, 4) is 0 Å². The molecule has 0 aromatic carbocycles. The molecule has 11 heteroatoms. The molecule has 2 saturated heterocycles. The molecule has 2 heterocycles. The van der Waals surface area contributed by atoms with E-state index in [1.807, 2.05) is 6.92 Å². The highest BCUT2D eigenvalue weighted by molar-refractivity contribution is 5.20. The first kappa shape index (κ1) is 42.9. The smallest absolute Gasteiger partial charge is 0.187 e. The summed E-state index contributed by atoms with van der Waals surface area (Å²) in [7, 11) is 0. The summed E-state index contributed by atoms with van der Waals surface area (Å²) >= 11 is 0. The van der Waals surface area contributed by atoms with Gasteiger partial charge in [-0.25, -0.2) is 0 Å². The van der Waals surface area contributed by atoms with E-state index in [1.165, 1.54) is 5.57 Å². The molecule has 11 nitrogen and oxygen atoms in total. The van der Waals surface area contributed by atoms with E-state index in [0.29, 0.717) is 37.5 Å². The van der Waals surface area contributed by atoms with Crippen LogP contribution >= 0.6 is 0 Å². The molecule has 0 aromatic rings. The lowest BCUT2D eigenvalue weighted by Gasteiger charge is -2.70. The molecule has 0 radical (unpaired) electrons. The Kier molecular flexibility index (Phi) is 12.0. The van der Waals surface area contributed by atoms with Crippen molar-refractivity contribution in [2.45, 2.75) is 213 Å². The maximum atomic E-state index is 12.5. The lowest BCUT2D eigenvalue weighted by atomic mass is 9.35. The molecule has 0 bridgehead atoms. The van der Waals surface area contributed by atoms with Gasteiger partial charge in [-0.15, -0.1) is 0 Å². The Morgan fingerprint density at radius 2 is 1.44 bits per heavy atom. The second kappa shape index (κ2) is 15.2. The van der Waals surface area contributed by atoms with Crippen LogP contribution in [0.1, 0.15) is 133 Å². The maximum absolute atomic E-state index is 12.5. The fraction of sp³-hybridized carbons (Fsp3) is 0.953. The molecular formula is C43H74O11. The fourth-order valence-electron chi connectivity index (χ4n) is 13.5. The maximum Gasteiger partial charge on any atom is 0.187 e. The second-order valence-electron chi connectivity index (χ2n) is 20.3. The third-order valence-electron chi connectivity index (χ3n) is 16.9. The molecule has 0 amide bonds. The predicted molar refractivity (Wildman–Crippen MR) is 203 cm³/mol. The molecule has 312 valence electrons. The van der Waals surface area contributed by atoms with Gasteiger partial charge in [-0.2, -0.15) is 0 Å². The van der Waals surface area contributed by atoms with Crippen LogP contribution in [0.3, 0.4) is 0 Å². The molecule has 4 saturated carbocycles. The van der Waals surface area contributed by atoms with E-state index in [1.54, 1.807) is 6.92 Å². The summed E-state index contributed by atoms with van der Waals surface area (Å²) in [6, 6.07) is 0. The standard InChI is InChI=1S/C43H74O11/c1-11-26(52-37-34(49)31(46)23(4)51-37)36-33(48)32(47)35(50)38(53-36)54-43(10,17-12-13-22(2)3)24-14-19-42(9)30(24)25(44)21-28-40(7)18-16-29(45)39(5,6)27(40)15-20-41(28,42)8/h13,23-38,44-50H,11-12,14-21H2,1-10H3/t23?,24?,25-,26?,27?,28?,29+,30?,31?,32?,33?,34?,35?,36?,37?,38?,40+,41-,42-,43+/m1/s1. The molecule has 54 heavy (non-hydrogen) atoms. The van der Waals surface area contributed by atoms with E-state index in [4.69, 9.17) is 18.9 Å². The Labute approximate surface area is 323 Å². The number of aliphatic hydroxyl groups is 7. The van der Waals surface area contributed by atoms with Crippen LogP contribution in [0.15, 0.2) is 11.6 Å². The molecular weight excluding hydrogens is 692 g/mol. The molecule has 20 atom stereocenters. The number of hydrogen-bond acceptors (Lipinski definition) is 11. The van der Waals surface area contributed by atoms with Crippen molar-refractivity contribution in [1.29, 1.82) is 0 Å². The lowest BCUT2D eigenvalue weighted by Crippen LogP contribution is -2.67. The summed E-state index contributed by atoms with van der Waals surface area (Å²) in [6.45, 7) is 21.4. The van der Waals surface area contributed by atoms with Gasteiger partial charge in [0.1, 0.15) is 36.6 Å². The summed E-state index contributed by atoms with van der Waals surface area (Å²) in [5.74, 6) is 0.520. The number of rotatable bonds is 10. The van der Waals surface area contributed by atoms with Crippen LogP contribution in [-0.4, -0.2) is 115 Å². The predicted octanol–water partition coefficient (Wildman–Crippen LogP) is 4.59. The van der Waals surface area contributed by atoms with Gasteiger partial charge in [-0.05, 0) is 137 Å². The number of fused-ring (bicyclic) bond motifs is 5. The van der Waals surface area contributed by atoms with Crippen molar-refractivity contribution in [3.63, 3.8) is 0 Å². The molecule has 2 aliphatic heterocycles. The van der Waals surface area contributed by atoms with Gasteiger partial charge < -0.3 is 54.7 Å². The largest absolute Gasteiger partial charge is 0.393 e. The van der Waals surface area contributed by atoms with E-state index >= 15 is 0 Å². The van der Waals surface area contributed by atoms with Gasteiger partial charge in [0.05, 0.1) is 30.0 Å². The quantitative estimate of drug-likeness (QED) is 0.155. The summed E-state index contributed by atoms with van der Waals surface area (Å²) in [5.41, 5.74) is -0.114. The first-order valence-corrected chi connectivity index (χ1v) is 21.1. The Bertz CT molecular complexity index is 1350. The van der Waals surface area contributed by atoms with Gasteiger partial charge >= 0.3 is 0 Å². The van der Waals surface area contributed by atoms with Gasteiger partial charge in [-0.1, -0.05) is 53.2 Å². The van der Waals surface area contributed by atoms with Gasteiger partial charge in [0.15, 0.2) is 12.6 Å². The van der Waals surface area contributed by atoms with Crippen molar-refractivity contribution in [2.75, 3.05) is 0 Å². The zero-order chi connectivity index (χ0) is 39.9. The first-order chi connectivity index (χ1) is 25.1. The van der Waals surface area contributed by atoms with Crippen LogP contribution in [0.5, 0.6) is 0 Å². The minimum atomic E-state index is -1.60. The minimum Gasteiger partial charge on any atom is -0.393 e. The molecule has 6 fully saturated rings. The topological polar surface area (TPSA) is 179 Å². The normalized spacial score (nSPS) is 51.8. The van der Waals surface area contributed by atoms with Crippen LogP contribution in [0.2, 0.25) is 0 Å². The summed E-state index contributed by atoms with van der Waals surface area (Å²) in [6.07, 6.45) is -3.05. The van der Waals surface area contributed by atoms with E-state index in [2.05, 4.69) is 61.5 Å². The molecule has 14 unspecified atom stereocenters. The number of allylic oxidation sites excluding steroid dienone is 2. The average Bonchev–Trinajstić information content (AvgIpc) is 3.60. The highest BCUT2D eigenvalue weighted by Crippen LogP contribution is 2.76. The molecule has 6 rings (SSSR count). The Balaban J connectivity index is 1.29. The number of ether oxygens (including phenoxy) is 4. The van der Waals surface area contributed by atoms with E-state index in [-0.39, 0.29) is 39.6 Å². The van der Waals surface area contributed by atoms with Gasteiger partial charge in [-0.3, -0.25) is 0 Å². The highest BCUT2D eigenvalue weighted by atomic mass is 16.7. The van der Waals surface area contributed by atoms with E-state index < -0.39 is 73.1 Å². The Morgan fingerprint density at radius 1 is 0.796 bits per heavy atom. The lowest BCUT2D eigenvalue weighted by molar-refractivity contribution is -0.350. The van der Waals surface area contributed by atoms with Crippen LogP contribution in [0.4, 0.5) is 0 Å². The second-order valence-corrected chi connectivity index (χ2v) is 20.3. The van der Waals surface area contributed by atoms with Crippen molar-refractivity contribution in [1.82, 2.24) is 0 Å². The number of hydrogen-bond donors (Lipinski definition) is 7. The SMILES string of the molecule is CCC(OC1OC(C)C(O)C1O)C1OC(O[C@@](C)(CCC=C(C)C)C2CC[C@]3(C)C2[C@H](O)CC2[C@@]4(C)CC[C@H](O)C(C)(C)C4CC[C@]23C)C(O)C(O)C1O. The van der Waals surface area contributed by atoms with E-state index in [9.17, 15) is 35.7 Å². The van der Waals surface area contributed by atoms with Crippen LogP contribution in [0, 0.1) is 45.3 Å². The van der Waals surface area contributed by atoms with Crippen LogP contribution in [-0.2, 0) is 18.9 Å². The van der Waals surface area contributed by atoms with Gasteiger partial charge in [0.2, 0.25) is 0 Å². The molecule has 4 aliphatic carbocycles. The summed E-state index contributed by atoms with van der Waals surface area (Å²) < 4.78 is 25.1. The van der Waals surface area contributed by atoms with Crippen LogP contribution < -0.4 is 0 Å². The first-order valence-electron chi connectivity index (χ1n) is 21.1. The Morgan fingerprint density at radius 3 is 2.06 bits per heavy atom. The zero-order valence-corrected chi connectivity index (χ0v) is 34.6. The molecule has 6 aliphatic rings. The van der Waals surface area contributed by atoms with Crippen LogP contribution in [0.25, 0.3) is 0 Å². The fourth-order valence-corrected chi connectivity index (χ4v) is 13.5. The van der Waals surface area contributed by atoms with Crippen molar-refractivity contribution in [2.24, 2.45) is 45.3 Å². The molecule has 0 spiro atoms. The Hall–Kier alpha value is -0.700. The van der Waals surface area contributed by atoms with Crippen molar-refractivity contribution < 1.29 is 54.7 Å². The summed E-state index contributed by atoms with van der Waals surface area (Å²) in [4.78, 5) is 0.